The molecular formula is C22H26N4OS. The summed E-state index contributed by atoms with van der Waals surface area (Å²) in [5.41, 5.74) is 5.77. The highest BCUT2D eigenvalue weighted by Crippen LogP contribution is 2.24. The van der Waals surface area contributed by atoms with Gasteiger partial charge in [-0.3, -0.25) is 9.36 Å². The van der Waals surface area contributed by atoms with Crippen molar-refractivity contribution < 1.29 is 4.79 Å². The van der Waals surface area contributed by atoms with Gasteiger partial charge in [-0.2, -0.15) is 0 Å². The number of nitrogens with one attached hydrogen (secondary N) is 1. The first-order valence-electron chi connectivity index (χ1n) is 9.34. The molecule has 0 saturated heterocycles. The normalized spacial score (nSPS) is 12.0. The highest BCUT2D eigenvalue weighted by atomic mass is 32.2. The van der Waals surface area contributed by atoms with Gasteiger partial charge in [-0.15, -0.1) is 10.2 Å². The minimum absolute atomic E-state index is 0.0206. The lowest BCUT2D eigenvalue weighted by Gasteiger charge is -2.16. The van der Waals surface area contributed by atoms with E-state index in [0.29, 0.717) is 5.75 Å². The van der Waals surface area contributed by atoms with E-state index >= 15 is 0 Å². The molecule has 1 atom stereocenters. The van der Waals surface area contributed by atoms with Crippen LogP contribution in [0.25, 0.3) is 5.69 Å². The third-order valence-corrected chi connectivity index (χ3v) is 5.82. The fourth-order valence-corrected chi connectivity index (χ4v) is 3.86. The Morgan fingerprint density at radius 2 is 1.79 bits per heavy atom. The Labute approximate surface area is 170 Å². The summed E-state index contributed by atoms with van der Waals surface area (Å²) in [6.07, 6.45) is 0. The van der Waals surface area contributed by atoms with Crippen molar-refractivity contribution in [1.29, 1.82) is 0 Å². The van der Waals surface area contributed by atoms with Crippen LogP contribution in [0.4, 0.5) is 0 Å². The number of rotatable bonds is 6. The van der Waals surface area contributed by atoms with Gasteiger partial charge < -0.3 is 5.32 Å². The summed E-state index contributed by atoms with van der Waals surface area (Å²) < 4.78 is 2.00. The molecule has 0 spiro atoms. The maximum atomic E-state index is 12.5. The summed E-state index contributed by atoms with van der Waals surface area (Å²) in [5, 5.41) is 12.3. The molecular weight excluding hydrogens is 368 g/mol. The van der Waals surface area contributed by atoms with Gasteiger partial charge in [-0.05, 0) is 62.9 Å². The fourth-order valence-electron chi connectivity index (χ4n) is 3.06. The summed E-state index contributed by atoms with van der Waals surface area (Å²) in [4.78, 5) is 12.5. The third kappa shape index (κ3) is 4.44. The lowest BCUT2D eigenvalue weighted by Crippen LogP contribution is -2.28. The Morgan fingerprint density at radius 3 is 2.50 bits per heavy atom. The highest BCUT2D eigenvalue weighted by Gasteiger charge is 2.16. The van der Waals surface area contributed by atoms with E-state index in [1.54, 1.807) is 0 Å². The Bertz CT molecular complexity index is 996. The number of aryl methyl sites for hydroxylation is 4. The molecule has 1 N–H and O–H groups in total. The van der Waals surface area contributed by atoms with Crippen LogP contribution < -0.4 is 5.32 Å². The number of carbonyl (C=O) groups excluding carboxylic acids is 1. The van der Waals surface area contributed by atoms with Crippen LogP contribution in [0.15, 0.2) is 47.6 Å². The van der Waals surface area contributed by atoms with Crippen LogP contribution >= 0.6 is 11.8 Å². The highest BCUT2D eigenvalue weighted by molar-refractivity contribution is 7.99. The third-order valence-electron chi connectivity index (χ3n) is 4.89. The van der Waals surface area contributed by atoms with E-state index in [1.165, 1.54) is 22.9 Å². The SMILES string of the molecule is Cc1ccc(C(C)NC(=O)CSc2nnc(C)n2-c2ccccc2C)cc1C. The average molecular weight is 395 g/mol. The molecule has 146 valence electrons. The van der Waals surface area contributed by atoms with Crippen molar-refractivity contribution in [2.75, 3.05) is 5.75 Å². The Kier molecular flexibility index (Phi) is 6.19. The number of amides is 1. The van der Waals surface area contributed by atoms with Crippen molar-refractivity contribution >= 4 is 17.7 Å². The number of aromatic nitrogens is 3. The Balaban J connectivity index is 1.67. The maximum absolute atomic E-state index is 12.5. The summed E-state index contributed by atoms with van der Waals surface area (Å²) in [6.45, 7) is 10.2. The minimum atomic E-state index is -0.0385. The average Bonchev–Trinajstić information content (AvgIpc) is 3.03. The predicted octanol–water partition coefficient (Wildman–Crippen LogP) is 4.47. The quantitative estimate of drug-likeness (QED) is 0.627. The molecule has 1 aromatic heterocycles. The van der Waals surface area contributed by atoms with Gasteiger partial charge in [0.05, 0.1) is 17.5 Å². The van der Waals surface area contributed by atoms with Crippen LogP contribution in [-0.2, 0) is 4.79 Å². The molecule has 0 saturated carbocycles. The topological polar surface area (TPSA) is 59.8 Å². The molecule has 28 heavy (non-hydrogen) atoms. The van der Waals surface area contributed by atoms with Crippen LogP contribution in [0.1, 0.15) is 41.0 Å². The maximum Gasteiger partial charge on any atom is 0.230 e. The first-order valence-corrected chi connectivity index (χ1v) is 10.3. The van der Waals surface area contributed by atoms with E-state index in [4.69, 9.17) is 0 Å². The number of hydrogen-bond acceptors (Lipinski definition) is 4. The van der Waals surface area contributed by atoms with E-state index in [2.05, 4.69) is 60.6 Å². The molecule has 0 radical (unpaired) electrons. The molecule has 1 unspecified atom stereocenters. The molecule has 0 aliphatic carbocycles. The van der Waals surface area contributed by atoms with Crippen molar-refractivity contribution in [2.24, 2.45) is 0 Å². The van der Waals surface area contributed by atoms with Gasteiger partial charge in [0.25, 0.3) is 0 Å². The van der Waals surface area contributed by atoms with Gasteiger partial charge in [0.15, 0.2) is 5.16 Å². The summed E-state index contributed by atoms with van der Waals surface area (Å²) >= 11 is 1.40. The second kappa shape index (κ2) is 8.61. The largest absolute Gasteiger partial charge is 0.349 e. The van der Waals surface area contributed by atoms with Crippen molar-refractivity contribution in [3.05, 3.63) is 70.5 Å². The van der Waals surface area contributed by atoms with Crippen LogP contribution in [0.2, 0.25) is 0 Å². The van der Waals surface area contributed by atoms with Gasteiger partial charge in [0.2, 0.25) is 5.91 Å². The van der Waals surface area contributed by atoms with Crippen molar-refractivity contribution in [3.63, 3.8) is 0 Å². The summed E-state index contributed by atoms with van der Waals surface area (Å²) in [6, 6.07) is 14.3. The van der Waals surface area contributed by atoms with Gasteiger partial charge in [0, 0.05) is 0 Å². The molecule has 0 bridgehead atoms. The number of nitrogens with zero attached hydrogens (tertiary/aromatic N) is 3. The van der Waals surface area contributed by atoms with Crippen molar-refractivity contribution in [3.8, 4) is 5.69 Å². The van der Waals surface area contributed by atoms with E-state index < -0.39 is 0 Å². The van der Waals surface area contributed by atoms with E-state index in [-0.39, 0.29) is 11.9 Å². The van der Waals surface area contributed by atoms with E-state index in [9.17, 15) is 4.79 Å². The molecule has 0 fully saturated rings. The zero-order chi connectivity index (χ0) is 20.3. The fraction of sp³-hybridized carbons (Fsp3) is 0.318. The molecule has 0 aliphatic rings. The smallest absolute Gasteiger partial charge is 0.230 e. The lowest BCUT2D eigenvalue weighted by atomic mass is 10.0. The Morgan fingerprint density at radius 1 is 1.04 bits per heavy atom. The number of benzene rings is 2. The summed E-state index contributed by atoms with van der Waals surface area (Å²) in [7, 11) is 0. The molecule has 1 heterocycles. The number of thioether (sulfide) groups is 1. The van der Waals surface area contributed by atoms with E-state index in [0.717, 1.165) is 27.8 Å². The summed E-state index contributed by atoms with van der Waals surface area (Å²) in [5.74, 6) is 1.08. The number of hydrogen-bond donors (Lipinski definition) is 1. The zero-order valence-electron chi connectivity index (χ0n) is 17.0. The molecule has 2 aromatic carbocycles. The predicted molar refractivity (Wildman–Crippen MR) is 114 cm³/mol. The molecule has 5 nitrogen and oxygen atoms in total. The van der Waals surface area contributed by atoms with Crippen LogP contribution in [0, 0.1) is 27.7 Å². The molecule has 6 heteroatoms. The number of para-hydroxylation sites is 1. The van der Waals surface area contributed by atoms with E-state index in [1.807, 2.05) is 36.6 Å². The van der Waals surface area contributed by atoms with Gasteiger partial charge in [0.1, 0.15) is 5.82 Å². The first-order chi connectivity index (χ1) is 13.4. The van der Waals surface area contributed by atoms with Crippen LogP contribution in [0.5, 0.6) is 0 Å². The lowest BCUT2D eigenvalue weighted by molar-refractivity contribution is -0.119. The van der Waals surface area contributed by atoms with Crippen molar-refractivity contribution in [2.45, 2.75) is 45.8 Å². The van der Waals surface area contributed by atoms with Crippen LogP contribution in [-0.4, -0.2) is 26.4 Å². The Hall–Kier alpha value is -2.60. The molecule has 0 aliphatic heterocycles. The van der Waals surface area contributed by atoms with Gasteiger partial charge in [-0.25, -0.2) is 0 Å². The second-order valence-corrected chi connectivity index (χ2v) is 8.02. The van der Waals surface area contributed by atoms with Gasteiger partial charge in [-0.1, -0.05) is 48.2 Å². The minimum Gasteiger partial charge on any atom is -0.349 e. The molecule has 3 aromatic rings. The zero-order valence-corrected chi connectivity index (χ0v) is 17.8. The first kappa shape index (κ1) is 20.1. The van der Waals surface area contributed by atoms with Crippen molar-refractivity contribution in [1.82, 2.24) is 20.1 Å². The van der Waals surface area contributed by atoms with Crippen LogP contribution in [0.3, 0.4) is 0 Å². The number of carbonyl (C=O) groups is 1. The molecule has 3 rings (SSSR count). The monoisotopic (exact) mass is 394 g/mol. The standard InChI is InChI=1S/C22H26N4OS/c1-14-10-11-19(12-16(14)3)17(4)23-21(27)13-28-22-25-24-18(5)26(22)20-9-7-6-8-15(20)2/h6-12,17H,13H2,1-5H3,(H,23,27). The molecule has 1 amide bonds. The van der Waals surface area contributed by atoms with Gasteiger partial charge >= 0.3 is 0 Å². The second-order valence-electron chi connectivity index (χ2n) is 7.07.